The van der Waals surface area contributed by atoms with Crippen molar-refractivity contribution in [3.63, 3.8) is 0 Å². The Bertz CT molecular complexity index is 53.3. The van der Waals surface area contributed by atoms with E-state index in [1.54, 1.807) is 0 Å². The van der Waals surface area contributed by atoms with Gasteiger partial charge in [0, 0.05) is 25.2 Å². The largest absolute Gasteiger partial charge is 0.327 e. The van der Waals surface area contributed by atoms with E-state index < -0.39 is 0 Å². The Morgan fingerprint density at radius 3 is 1.67 bits per heavy atom. The van der Waals surface area contributed by atoms with E-state index in [1.807, 2.05) is 13.8 Å². The van der Waals surface area contributed by atoms with E-state index in [0.29, 0.717) is 0 Å². The van der Waals surface area contributed by atoms with Crippen molar-refractivity contribution in [2.24, 2.45) is 11.5 Å². The topological polar surface area (TPSA) is 64.1 Å². The molecule has 0 bridgehead atoms. The quantitative estimate of drug-likeness (QED) is 0.471. The summed E-state index contributed by atoms with van der Waals surface area (Å²) in [5, 5.41) is 3.13. The standard InChI is InChI=1S/C6H17N3/c1-5(7)3-9-4-6(2)8/h5-6,9H,3-4,7-8H2,1-2H3/t5-,6+. The summed E-state index contributed by atoms with van der Waals surface area (Å²) >= 11 is 0. The molecule has 0 aromatic heterocycles. The highest BCUT2D eigenvalue weighted by atomic mass is 14.9. The zero-order valence-corrected chi connectivity index (χ0v) is 6.22. The van der Waals surface area contributed by atoms with E-state index in [0.717, 1.165) is 13.1 Å². The average Bonchev–Trinajstić information content (AvgIpc) is 1.63. The first-order valence-corrected chi connectivity index (χ1v) is 3.34. The van der Waals surface area contributed by atoms with Crippen LogP contribution in [-0.4, -0.2) is 25.2 Å². The molecule has 0 aliphatic heterocycles. The summed E-state index contributed by atoms with van der Waals surface area (Å²) in [5.74, 6) is 0. The van der Waals surface area contributed by atoms with Gasteiger partial charge in [-0.05, 0) is 13.8 Å². The molecule has 56 valence electrons. The van der Waals surface area contributed by atoms with Crippen molar-refractivity contribution in [1.82, 2.24) is 5.32 Å². The number of rotatable bonds is 4. The van der Waals surface area contributed by atoms with Crippen LogP contribution >= 0.6 is 0 Å². The third-order valence-corrected chi connectivity index (χ3v) is 0.933. The first-order valence-electron chi connectivity index (χ1n) is 3.34. The zero-order valence-electron chi connectivity index (χ0n) is 6.22. The van der Waals surface area contributed by atoms with Crippen molar-refractivity contribution in [2.75, 3.05) is 13.1 Å². The highest BCUT2D eigenvalue weighted by molar-refractivity contribution is 4.61. The van der Waals surface area contributed by atoms with Gasteiger partial charge in [0.1, 0.15) is 0 Å². The van der Waals surface area contributed by atoms with Gasteiger partial charge < -0.3 is 16.8 Å². The lowest BCUT2D eigenvalue weighted by Crippen LogP contribution is -2.37. The minimum absolute atomic E-state index is 0.226. The molecule has 9 heavy (non-hydrogen) atoms. The van der Waals surface area contributed by atoms with Crippen LogP contribution in [0, 0.1) is 0 Å². The number of hydrogen-bond donors (Lipinski definition) is 3. The zero-order chi connectivity index (χ0) is 7.28. The summed E-state index contributed by atoms with van der Waals surface area (Å²) in [7, 11) is 0. The fourth-order valence-electron chi connectivity index (χ4n) is 0.539. The van der Waals surface area contributed by atoms with Crippen molar-refractivity contribution in [3.8, 4) is 0 Å². The number of nitrogens with two attached hydrogens (primary N) is 2. The van der Waals surface area contributed by atoms with E-state index in [1.165, 1.54) is 0 Å². The van der Waals surface area contributed by atoms with E-state index in [-0.39, 0.29) is 12.1 Å². The Labute approximate surface area is 56.8 Å². The highest BCUT2D eigenvalue weighted by Gasteiger charge is 1.94. The van der Waals surface area contributed by atoms with Crippen LogP contribution in [-0.2, 0) is 0 Å². The van der Waals surface area contributed by atoms with Crippen LogP contribution in [0.1, 0.15) is 13.8 Å². The SMILES string of the molecule is C[C@H](N)CNC[C@@H](C)N. The fraction of sp³-hybridized carbons (Fsp3) is 1.00. The van der Waals surface area contributed by atoms with Crippen molar-refractivity contribution in [1.29, 1.82) is 0 Å². The van der Waals surface area contributed by atoms with Crippen LogP contribution in [0.25, 0.3) is 0 Å². The molecule has 0 aromatic rings. The molecular weight excluding hydrogens is 114 g/mol. The maximum absolute atomic E-state index is 5.48. The van der Waals surface area contributed by atoms with Crippen molar-refractivity contribution in [2.45, 2.75) is 25.9 Å². The van der Waals surface area contributed by atoms with Gasteiger partial charge in [-0.1, -0.05) is 0 Å². The van der Waals surface area contributed by atoms with Gasteiger partial charge in [-0.3, -0.25) is 0 Å². The van der Waals surface area contributed by atoms with Crippen molar-refractivity contribution in [3.05, 3.63) is 0 Å². The molecule has 0 radical (unpaired) electrons. The second-order valence-electron chi connectivity index (χ2n) is 2.61. The Kier molecular flexibility index (Phi) is 4.67. The lowest BCUT2D eigenvalue weighted by molar-refractivity contribution is 0.567. The minimum Gasteiger partial charge on any atom is -0.327 e. The Hall–Kier alpha value is -0.120. The van der Waals surface area contributed by atoms with E-state index >= 15 is 0 Å². The van der Waals surface area contributed by atoms with Crippen molar-refractivity contribution >= 4 is 0 Å². The Morgan fingerprint density at radius 1 is 1.11 bits per heavy atom. The minimum atomic E-state index is 0.226. The second-order valence-corrected chi connectivity index (χ2v) is 2.61. The van der Waals surface area contributed by atoms with Crippen LogP contribution < -0.4 is 16.8 Å². The van der Waals surface area contributed by atoms with Gasteiger partial charge >= 0.3 is 0 Å². The van der Waals surface area contributed by atoms with Gasteiger partial charge in [-0.25, -0.2) is 0 Å². The molecule has 0 aliphatic rings. The third kappa shape index (κ3) is 7.88. The smallest absolute Gasteiger partial charge is 0.0136 e. The molecule has 3 nitrogen and oxygen atoms in total. The van der Waals surface area contributed by atoms with Crippen LogP contribution in [0.2, 0.25) is 0 Å². The molecule has 3 heteroatoms. The molecule has 0 aromatic carbocycles. The molecule has 5 N–H and O–H groups in total. The molecule has 0 spiro atoms. The first-order chi connectivity index (χ1) is 4.13. The van der Waals surface area contributed by atoms with Gasteiger partial charge in [-0.15, -0.1) is 0 Å². The predicted molar refractivity (Wildman–Crippen MR) is 40.2 cm³/mol. The van der Waals surface area contributed by atoms with Crippen LogP contribution in [0.4, 0.5) is 0 Å². The van der Waals surface area contributed by atoms with Crippen LogP contribution in [0.15, 0.2) is 0 Å². The molecule has 0 fully saturated rings. The summed E-state index contributed by atoms with van der Waals surface area (Å²) in [6, 6.07) is 0.451. The summed E-state index contributed by atoms with van der Waals surface area (Å²) in [6.07, 6.45) is 0. The summed E-state index contributed by atoms with van der Waals surface area (Å²) in [6.45, 7) is 5.63. The summed E-state index contributed by atoms with van der Waals surface area (Å²) in [5.41, 5.74) is 11.0. The van der Waals surface area contributed by atoms with Gasteiger partial charge in [-0.2, -0.15) is 0 Å². The van der Waals surface area contributed by atoms with Crippen molar-refractivity contribution < 1.29 is 0 Å². The number of hydrogen-bond acceptors (Lipinski definition) is 3. The van der Waals surface area contributed by atoms with Crippen LogP contribution in [0.3, 0.4) is 0 Å². The maximum atomic E-state index is 5.48. The molecule has 0 unspecified atom stereocenters. The first kappa shape index (κ1) is 8.88. The molecular formula is C6H17N3. The van der Waals surface area contributed by atoms with Crippen LogP contribution in [0.5, 0.6) is 0 Å². The fourth-order valence-corrected chi connectivity index (χ4v) is 0.539. The van der Waals surface area contributed by atoms with E-state index in [4.69, 9.17) is 11.5 Å². The normalized spacial score (nSPS) is 17.3. The molecule has 0 rings (SSSR count). The Balaban J connectivity index is 2.91. The molecule has 0 heterocycles. The third-order valence-electron chi connectivity index (χ3n) is 0.933. The van der Waals surface area contributed by atoms with Gasteiger partial charge in [0.2, 0.25) is 0 Å². The lowest BCUT2D eigenvalue weighted by atomic mass is 10.3. The van der Waals surface area contributed by atoms with Gasteiger partial charge in [0.05, 0.1) is 0 Å². The molecule has 0 aliphatic carbocycles. The average molecular weight is 131 g/mol. The van der Waals surface area contributed by atoms with Gasteiger partial charge in [0.25, 0.3) is 0 Å². The summed E-state index contributed by atoms with van der Waals surface area (Å²) in [4.78, 5) is 0. The van der Waals surface area contributed by atoms with E-state index in [9.17, 15) is 0 Å². The molecule has 0 amide bonds. The second kappa shape index (κ2) is 4.73. The summed E-state index contributed by atoms with van der Waals surface area (Å²) < 4.78 is 0. The van der Waals surface area contributed by atoms with E-state index in [2.05, 4.69) is 5.32 Å². The Morgan fingerprint density at radius 2 is 1.44 bits per heavy atom. The maximum Gasteiger partial charge on any atom is 0.0136 e. The number of nitrogens with one attached hydrogen (secondary N) is 1. The molecule has 0 saturated carbocycles. The monoisotopic (exact) mass is 131 g/mol. The van der Waals surface area contributed by atoms with Gasteiger partial charge in [0.15, 0.2) is 0 Å². The predicted octanol–water partition coefficient (Wildman–Crippen LogP) is -0.730. The highest BCUT2D eigenvalue weighted by Crippen LogP contribution is 1.72. The molecule has 0 saturated heterocycles. The lowest BCUT2D eigenvalue weighted by Gasteiger charge is -2.08. The molecule has 2 atom stereocenters.